The lowest BCUT2D eigenvalue weighted by Gasteiger charge is -2.06. The van der Waals surface area contributed by atoms with E-state index in [1.165, 1.54) is 18.1 Å². The van der Waals surface area contributed by atoms with Gasteiger partial charge in [-0.1, -0.05) is 30.7 Å². The number of aromatic hydroxyl groups is 2. The van der Waals surface area contributed by atoms with Gasteiger partial charge >= 0.3 is 0 Å². The van der Waals surface area contributed by atoms with E-state index >= 15 is 0 Å². The fourth-order valence-electron chi connectivity index (χ4n) is 1.93. The first-order valence-electron chi connectivity index (χ1n) is 6.80. The summed E-state index contributed by atoms with van der Waals surface area (Å²) in [4.78, 5) is 0. The van der Waals surface area contributed by atoms with E-state index in [0.717, 1.165) is 18.4 Å². The number of benzene rings is 1. The molecule has 0 aliphatic heterocycles. The Bertz CT molecular complexity index is 434. The molecule has 0 heterocycles. The van der Waals surface area contributed by atoms with Gasteiger partial charge in [0.15, 0.2) is 0 Å². The van der Waals surface area contributed by atoms with Crippen molar-refractivity contribution in [3.8, 4) is 11.5 Å². The monoisotopic (exact) mass is 260 g/mol. The maximum atomic E-state index is 9.37. The first-order chi connectivity index (χ1) is 8.97. The fraction of sp³-hybridized carbons (Fsp3) is 0.412. The summed E-state index contributed by atoms with van der Waals surface area (Å²) in [7, 11) is 0. The van der Waals surface area contributed by atoms with E-state index in [-0.39, 0.29) is 11.5 Å². The van der Waals surface area contributed by atoms with Gasteiger partial charge in [-0.15, -0.1) is 0 Å². The minimum absolute atomic E-state index is 0.0938. The molecule has 1 aromatic rings. The second-order valence-corrected chi connectivity index (χ2v) is 5.38. The van der Waals surface area contributed by atoms with Gasteiger partial charge in [-0.05, 0) is 56.7 Å². The molecule has 0 saturated heterocycles. The molecule has 104 valence electrons. The molecule has 2 nitrogen and oxygen atoms in total. The van der Waals surface area contributed by atoms with Crippen molar-refractivity contribution in [1.29, 1.82) is 0 Å². The Balaban J connectivity index is 2.42. The number of hydrogen-bond acceptors (Lipinski definition) is 2. The van der Waals surface area contributed by atoms with Crippen molar-refractivity contribution in [2.45, 2.75) is 40.0 Å². The molecule has 0 spiro atoms. The van der Waals surface area contributed by atoms with Crippen LogP contribution in [0.15, 0.2) is 35.9 Å². The standard InChI is InChI=1S/C17H24O2/c1-13(2)6-4-7-14(3)8-5-9-15-10-16(18)12-17(19)11-15/h5-6,9-12,14,18-19H,4,7-8H2,1-3H3/b9-5+. The number of hydrogen-bond donors (Lipinski definition) is 2. The summed E-state index contributed by atoms with van der Waals surface area (Å²) in [5.41, 5.74) is 2.20. The van der Waals surface area contributed by atoms with Crippen molar-refractivity contribution < 1.29 is 10.2 Å². The maximum Gasteiger partial charge on any atom is 0.119 e. The fourth-order valence-corrected chi connectivity index (χ4v) is 1.93. The highest BCUT2D eigenvalue weighted by atomic mass is 16.3. The van der Waals surface area contributed by atoms with Crippen LogP contribution in [-0.2, 0) is 0 Å². The highest BCUT2D eigenvalue weighted by Gasteiger charge is 1.99. The van der Waals surface area contributed by atoms with Gasteiger partial charge in [0.2, 0.25) is 0 Å². The van der Waals surface area contributed by atoms with Gasteiger partial charge in [0, 0.05) is 6.07 Å². The zero-order valence-electron chi connectivity index (χ0n) is 12.1. The van der Waals surface area contributed by atoms with Crippen molar-refractivity contribution in [3.05, 3.63) is 41.5 Å². The molecular weight excluding hydrogens is 236 g/mol. The second-order valence-electron chi connectivity index (χ2n) is 5.38. The average molecular weight is 260 g/mol. The molecule has 19 heavy (non-hydrogen) atoms. The number of phenolic OH excluding ortho intramolecular Hbond substituents is 2. The van der Waals surface area contributed by atoms with Crippen molar-refractivity contribution in [2.75, 3.05) is 0 Å². The first-order valence-corrected chi connectivity index (χ1v) is 6.80. The molecule has 0 amide bonds. The third kappa shape index (κ3) is 6.70. The number of phenols is 2. The van der Waals surface area contributed by atoms with E-state index in [0.29, 0.717) is 5.92 Å². The van der Waals surface area contributed by atoms with Crippen molar-refractivity contribution >= 4 is 6.08 Å². The van der Waals surface area contributed by atoms with E-state index < -0.39 is 0 Å². The van der Waals surface area contributed by atoms with Gasteiger partial charge < -0.3 is 10.2 Å². The number of allylic oxidation sites excluding steroid dienone is 3. The van der Waals surface area contributed by atoms with Gasteiger partial charge in [-0.25, -0.2) is 0 Å². The Morgan fingerprint density at radius 3 is 2.37 bits per heavy atom. The van der Waals surface area contributed by atoms with E-state index in [4.69, 9.17) is 0 Å². The predicted molar refractivity (Wildman–Crippen MR) is 81.3 cm³/mol. The minimum atomic E-state index is 0.0938. The van der Waals surface area contributed by atoms with Crippen LogP contribution in [0.1, 0.15) is 45.6 Å². The Labute approximate surface area is 116 Å². The smallest absolute Gasteiger partial charge is 0.119 e. The van der Waals surface area contributed by atoms with Crippen molar-refractivity contribution in [2.24, 2.45) is 5.92 Å². The molecule has 0 fully saturated rings. The van der Waals surface area contributed by atoms with Gasteiger partial charge in [0.1, 0.15) is 11.5 Å². The molecule has 0 aliphatic carbocycles. The summed E-state index contributed by atoms with van der Waals surface area (Å²) in [6.45, 7) is 6.49. The summed E-state index contributed by atoms with van der Waals surface area (Å²) in [5.74, 6) is 0.824. The van der Waals surface area contributed by atoms with Crippen LogP contribution in [0.25, 0.3) is 6.08 Å². The van der Waals surface area contributed by atoms with Crippen LogP contribution in [0, 0.1) is 5.92 Å². The summed E-state index contributed by atoms with van der Waals surface area (Å²) in [5, 5.41) is 18.7. The highest BCUT2D eigenvalue weighted by Crippen LogP contribution is 2.22. The molecule has 0 aromatic heterocycles. The molecule has 0 saturated carbocycles. The molecule has 1 unspecified atom stereocenters. The van der Waals surface area contributed by atoms with E-state index in [2.05, 4.69) is 32.9 Å². The van der Waals surface area contributed by atoms with Gasteiger partial charge in [-0.2, -0.15) is 0 Å². The van der Waals surface area contributed by atoms with Gasteiger partial charge in [0.05, 0.1) is 0 Å². The quantitative estimate of drug-likeness (QED) is 0.715. The number of rotatable bonds is 6. The minimum Gasteiger partial charge on any atom is -0.508 e. The van der Waals surface area contributed by atoms with Gasteiger partial charge in [-0.3, -0.25) is 0 Å². The lowest BCUT2D eigenvalue weighted by atomic mass is 10.0. The third-order valence-corrected chi connectivity index (χ3v) is 2.99. The van der Waals surface area contributed by atoms with Crippen LogP contribution in [0.5, 0.6) is 11.5 Å². The van der Waals surface area contributed by atoms with Crippen LogP contribution in [0.4, 0.5) is 0 Å². The predicted octanol–water partition coefficient (Wildman–Crippen LogP) is 4.88. The Morgan fingerprint density at radius 1 is 1.16 bits per heavy atom. The van der Waals surface area contributed by atoms with Crippen LogP contribution in [0.2, 0.25) is 0 Å². The van der Waals surface area contributed by atoms with Crippen LogP contribution >= 0.6 is 0 Å². The lowest BCUT2D eigenvalue weighted by molar-refractivity contribution is 0.450. The zero-order valence-corrected chi connectivity index (χ0v) is 12.1. The largest absolute Gasteiger partial charge is 0.508 e. The summed E-state index contributed by atoms with van der Waals surface area (Å²) >= 11 is 0. The normalized spacial score (nSPS) is 12.6. The van der Waals surface area contributed by atoms with Crippen LogP contribution < -0.4 is 0 Å². The van der Waals surface area contributed by atoms with Crippen molar-refractivity contribution in [1.82, 2.24) is 0 Å². The van der Waals surface area contributed by atoms with Crippen molar-refractivity contribution in [3.63, 3.8) is 0 Å². The molecule has 0 radical (unpaired) electrons. The van der Waals surface area contributed by atoms with E-state index in [1.54, 1.807) is 12.1 Å². The molecule has 2 N–H and O–H groups in total. The summed E-state index contributed by atoms with van der Waals surface area (Å²) in [6, 6.07) is 4.62. The summed E-state index contributed by atoms with van der Waals surface area (Å²) in [6.07, 6.45) is 9.63. The molecular formula is C17H24O2. The molecule has 1 aromatic carbocycles. The first kappa shape index (κ1) is 15.4. The Kier molecular flexibility index (Phi) is 6.20. The Morgan fingerprint density at radius 2 is 1.79 bits per heavy atom. The zero-order chi connectivity index (χ0) is 14.3. The van der Waals surface area contributed by atoms with Crippen LogP contribution in [-0.4, -0.2) is 10.2 Å². The average Bonchev–Trinajstić information content (AvgIpc) is 2.27. The topological polar surface area (TPSA) is 40.5 Å². The maximum absolute atomic E-state index is 9.37. The molecule has 0 bridgehead atoms. The lowest BCUT2D eigenvalue weighted by Crippen LogP contribution is -1.91. The van der Waals surface area contributed by atoms with Gasteiger partial charge in [0.25, 0.3) is 0 Å². The van der Waals surface area contributed by atoms with E-state index in [1.807, 2.05) is 6.08 Å². The molecule has 0 aliphatic rings. The molecule has 1 rings (SSSR count). The summed E-state index contributed by atoms with van der Waals surface area (Å²) < 4.78 is 0. The molecule has 2 heteroatoms. The third-order valence-electron chi connectivity index (χ3n) is 2.99. The Hall–Kier alpha value is -1.70. The SMILES string of the molecule is CC(C)=CCCC(C)C/C=C/c1cc(O)cc(O)c1. The highest BCUT2D eigenvalue weighted by molar-refractivity contribution is 5.54. The van der Waals surface area contributed by atoms with E-state index in [9.17, 15) is 10.2 Å². The second kappa shape index (κ2) is 7.67. The molecule has 1 atom stereocenters. The van der Waals surface area contributed by atoms with Crippen LogP contribution in [0.3, 0.4) is 0 Å².